The van der Waals surface area contributed by atoms with Gasteiger partial charge in [-0.1, -0.05) is 6.07 Å². The van der Waals surface area contributed by atoms with Crippen molar-refractivity contribution >= 4 is 21.5 Å². The Bertz CT molecular complexity index is 767. The Labute approximate surface area is 148 Å². The zero-order valence-electron chi connectivity index (χ0n) is 15.3. The highest BCUT2D eigenvalue weighted by Crippen LogP contribution is 2.30. The van der Waals surface area contributed by atoms with Crippen LogP contribution in [0.25, 0.3) is 0 Å². The fourth-order valence-corrected chi connectivity index (χ4v) is 4.17. The average molecular weight is 371 g/mol. The number of halogens is 1. The third kappa shape index (κ3) is 5.15. The molecule has 25 heavy (non-hydrogen) atoms. The van der Waals surface area contributed by atoms with Crippen LogP contribution in [0.1, 0.15) is 27.7 Å². The van der Waals surface area contributed by atoms with Crippen LogP contribution in [0.2, 0.25) is 0 Å². The van der Waals surface area contributed by atoms with Gasteiger partial charge in [0, 0.05) is 31.9 Å². The van der Waals surface area contributed by atoms with Gasteiger partial charge in [0.1, 0.15) is 16.3 Å². The minimum Gasteiger partial charge on any atom is -0.442 e. The summed E-state index contributed by atoms with van der Waals surface area (Å²) in [6, 6.07) is 4.74. The summed E-state index contributed by atoms with van der Waals surface area (Å²) in [6.45, 7) is 9.14. The summed E-state index contributed by atoms with van der Waals surface area (Å²) in [4.78, 5) is 13.9. The third-order valence-electron chi connectivity index (χ3n) is 3.68. The molecule has 1 unspecified atom stereocenters. The standard InChI is InChI=1S/C17H26FN3O3S/c1-12-11-21(10-9-19-12)14-8-6-7-13(18)15(14)25(5,23)20-16(22)24-17(2,3)4/h6-8,12,19H,9-11H2,1-5H3/t12-,25?/m0/s1. The molecule has 0 spiro atoms. The lowest BCUT2D eigenvalue weighted by molar-refractivity contribution is 0.0607. The van der Waals surface area contributed by atoms with Crippen LogP contribution in [-0.2, 0) is 14.5 Å². The smallest absolute Gasteiger partial charge is 0.442 e. The maximum atomic E-state index is 14.6. The molecule has 0 aliphatic carbocycles. The van der Waals surface area contributed by atoms with Crippen LogP contribution in [-0.4, -0.2) is 47.8 Å². The summed E-state index contributed by atoms with van der Waals surface area (Å²) < 4.78 is 36.4. The predicted octanol–water partition coefficient (Wildman–Crippen LogP) is 3.02. The van der Waals surface area contributed by atoms with E-state index >= 15 is 0 Å². The van der Waals surface area contributed by atoms with Crippen molar-refractivity contribution in [1.82, 2.24) is 5.32 Å². The first-order valence-electron chi connectivity index (χ1n) is 8.21. The second kappa shape index (κ2) is 7.29. The molecule has 1 aliphatic heterocycles. The van der Waals surface area contributed by atoms with E-state index < -0.39 is 27.2 Å². The largest absolute Gasteiger partial charge is 0.442 e. The first-order valence-corrected chi connectivity index (χ1v) is 10.1. The molecule has 1 heterocycles. The Morgan fingerprint density at radius 2 is 2.12 bits per heavy atom. The minimum atomic E-state index is -3.30. The van der Waals surface area contributed by atoms with Gasteiger partial charge in [0.25, 0.3) is 0 Å². The lowest BCUT2D eigenvalue weighted by Crippen LogP contribution is -2.49. The summed E-state index contributed by atoms with van der Waals surface area (Å²) in [7, 11) is -3.30. The number of rotatable bonds is 2. The monoisotopic (exact) mass is 371 g/mol. The molecule has 0 bridgehead atoms. The average Bonchev–Trinajstić information content (AvgIpc) is 2.43. The zero-order valence-corrected chi connectivity index (χ0v) is 16.2. The molecule has 1 N–H and O–H groups in total. The second-order valence-electron chi connectivity index (χ2n) is 7.26. The predicted molar refractivity (Wildman–Crippen MR) is 97.1 cm³/mol. The number of benzene rings is 1. The highest BCUT2D eigenvalue weighted by Gasteiger charge is 2.26. The molecule has 1 aromatic rings. The van der Waals surface area contributed by atoms with E-state index in [1.54, 1.807) is 32.9 Å². The van der Waals surface area contributed by atoms with E-state index in [0.717, 1.165) is 6.54 Å². The molecule has 2 rings (SSSR count). The van der Waals surface area contributed by atoms with Gasteiger partial charge in [-0.15, -0.1) is 4.36 Å². The number of carbonyl (C=O) groups excluding carboxylic acids is 1. The molecule has 0 aromatic heterocycles. The van der Waals surface area contributed by atoms with Crippen LogP contribution in [0.4, 0.5) is 14.9 Å². The molecular weight excluding hydrogens is 345 g/mol. The molecule has 1 aliphatic rings. The molecule has 140 valence electrons. The van der Waals surface area contributed by atoms with Crippen LogP contribution in [0.15, 0.2) is 27.5 Å². The van der Waals surface area contributed by atoms with E-state index in [0.29, 0.717) is 18.8 Å². The molecule has 0 saturated carbocycles. The van der Waals surface area contributed by atoms with Crippen molar-refractivity contribution in [2.75, 3.05) is 30.8 Å². The van der Waals surface area contributed by atoms with Gasteiger partial charge in [-0.25, -0.2) is 13.4 Å². The van der Waals surface area contributed by atoms with E-state index in [1.807, 2.05) is 11.8 Å². The Balaban J connectivity index is 2.47. The van der Waals surface area contributed by atoms with Gasteiger partial charge in [0.05, 0.1) is 15.4 Å². The van der Waals surface area contributed by atoms with E-state index in [4.69, 9.17) is 4.74 Å². The van der Waals surface area contributed by atoms with E-state index in [1.165, 1.54) is 12.3 Å². The van der Waals surface area contributed by atoms with Gasteiger partial charge in [-0.3, -0.25) is 0 Å². The van der Waals surface area contributed by atoms with Crippen molar-refractivity contribution in [3.63, 3.8) is 0 Å². The van der Waals surface area contributed by atoms with Crippen LogP contribution in [0.5, 0.6) is 0 Å². The Morgan fingerprint density at radius 1 is 1.44 bits per heavy atom. The molecule has 8 heteroatoms. The quantitative estimate of drug-likeness (QED) is 0.865. The topological polar surface area (TPSA) is 71.0 Å². The third-order valence-corrected chi connectivity index (χ3v) is 5.34. The van der Waals surface area contributed by atoms with Crippen molar-refractivity contribution in [3.8, 4) is 0 Å². The highest BCUT2D eigenvalue weighted by atomic mass is 32.2. The Kier molecular flexibility index (Phi) is 5.73. The zero-order chi connectivity index (χ0) is 18.8. The molecule has 2 atom stereocenters. The normalized spacial score (nSPS) is 20.7. The molecule has 0 radical (unpaired) electrons. The van der Waals surface area contributed by atoms with Crippen LogP contribution >= 0.6 is 0 Å². The molecular formula is C17H26FN3O3S. The summed E-state index contributed by atoms with van der Waals surface area (Å²) in [5.74, 6) is -0.636. The maximum absolute atomic E-state index is 14.6. The molecule has 1 saturated heterocycles. The SMILES string of the molecule is C[C@H]1CN(c2cccc(F)c2S(C)(=O)=NC(=O)OC(C)(C)C)CCN1. The number of nitrogens with zero attached hydrogens (tertiary/aromatic N) is 2. The number of nitrogens with one attached hydrogen (secondary N) is 1. The summed E-state index contributed by atoms with van der Waals surface area (Å²) in [6.07, 6.45) is 0.313. The molecule has 1 fully saturated rings. The number of anilines is 1. The fourth-order valence-electron chi connectivity index (χ4n) is 2.74. The number of piperazine rings is 1. The van der Waals surface area contributed by atoms with Crippen LogP contribution in [0, 0.1) is 5.82 Å². The number of amides is 1. The van der Waals surface area contributed by atoms with Crippen molar-refractivity contribution < 1.29 is 18.1 Å². The lowest BCUT2D eigenvalue weighted by atomic mass is 10.2. The fraction of sp³-hybridized carbons (Fsp3) is 0.588. The van der Waals surface area contributed by atoms with Crippen molar-refractivity contribution in [2.45, 2.75) is 44.2 Å². The van der Waals surface area contributed by atoms with Crippen LogP contribution in [0.3, 0.4) is 0 Å². The van der Waals surface area contributed by atoms with E-state index in [2.05, 4.69) is 9.68 Å². The molecule has 1 aromatic carbocycles. The number of hydrogen-bond donors (Lipinski definition) is 1. The van der Waals surface area contributed by atoms with Crippen molar-refractivity contribution in [2.24, 2.45) is 4.36 Å². The van der Waals surface area contributed by atoms with Gasteiger partial charge in [-0.2, -0.15) is 0 Å². The van der Waals surface area contributed by atoms with Gasteiger partial charge < -0.3 is 15.0 Å². The van der Waals surface area contributed by atoms with E-state index in [9.17, 15) is 13.4 Å². The molecule has 6 nitrogen and oxygen atoms in total. The lowest BCUT2D eigenvalue weighted by Gasteiger charge is -2.35. The van der Waals surface area contributed by atoms with Crippen molar-refractivity contribution in [1.29, 1.82) is 0 Å². The Morgan fingerprint density at radius 3 is 2.72 bits per heavy atom. The number of carbonyl (C=O) groups is 1. The first-order chi connectivity index (χ1) is 11.5. The van der Waals surface area contributed by atoms with Gasteiger partial charge in [0.2, 0.25) is 0 Å². The summed E-state index contributed by atoms with van der Waals surface area (Å²) >= 11 is 0. The summed E-state index contributed by atoms with van der Waals surface area (Å²) in [5, 5.41) is 3.31. The molecule has 1 amide bonds. The minimum absolute atomic E-state index is 0.0463. The Hall–Kier alpha value is -1.67. The van der Waals surface area contributed by atoms with Gasteiger partial charge in [0.15, 0.2) is 0 Å². The number of ether oxygens (including phenoxy) is 1. The van der Waals surface area contributed by atoms with Crippen molar-refractivity contribution in [3.05, 3.63) is 24.0 Å². The van der Waals surface area contributed by atoms with Crippen LogP contribution < -0.4 is 10.2 Å². The second-order valence-corrected chi connectivity index (χ2v) is 9.46. The summed E-state index contributed by atoms with van der Waals surface area (Å²) in [5.41, 5.74) is -0.254. The first kappa shape index (κ1) is 19.7. The maximum Gasteiger partial charge on any atom is 0.442 e. The number of hydrogen-bond acceptors (Lipinski definition) is 5. The van der Waals surface area contributed by atoms with E-state index in [-0.39, 0.29) is 10.9 Å². The van der Waals surface area contributed by atoms with Gasteiger partial charge in [-0.05, 0) is 39.8 Å². The van der Waals surface area contributed by atoms with Gasteiger partial charge >= 0.3 is 6.09 Å². The highest BCUT2D eigenvalue weighted by molar-refractivity contribution is 7.93.